The second-order valence-electron chi connectivity index (χ2n) is 4.58. The zero-order valence-electron chi connectivity index (χ0n) is 10.8. The van der Waals surface area contributed by atoms with Crippen molar-refractivity contribution in [2.45, 2.75) is 32.4 Å². The summed E-state index contributed by atoms with van der Waals surface area (Å²) in [7, 11) is 1.34. The van der Waals surface area contributed by atoms with Crippen molar-refractivity contribution in [2.24, 2.45) is 0 Å². The number of methoxy groups -OCH3 is 1. The molecule has 5 heteroatoms. The smallest absolute Gasteiger partial charge is 0.373 e. The number of nitrogens with zero attached hydrogens (tertiary/aromatic N) is 1. The minimum atomic E-state index is -0.447. The van der Waals surface area contributed by atoms with Gasteiger partial charge < -0.3 is 14.3 Å². The third-order valence-electron chi connectivity index (χ3n) is 3.25. The van der Waals surface area contributed by atoms with E-state index in [1.54, 1.807) is 6.07 Å². The topological polar surface area (TPSA) is 62.9 Å². The molecule has 0 radical (unpaired) electrons. The molecule has 100 valence electrons. The Labute approximate surface area is 106 Å². The number of hydrogen-bond donors (Lipinski definition) is 1. The van der Waals surface area contributed by atoms with Gasteiger partial charge in [-0.1, -0.05) is 6.92 Å². The Hall–Kier alpha value is -1.33. The van der Waals surface area contributed by atoms with Crippen LogP contribution in [0.25, 0.3) is 0 Å². The molecule has 1 aliphatic heterocycles. The van der Waals surface area contributed by atoms with Gasteiger partial charge in [-0.15, -0.1) is 0 Å². The van der Waals surface area contributed by atoms with Gasteiger partial charge in [0.05, 0.1) is 13.2 Å². The third kappa shape index (κ3) is 2.73. The fourth-order valence-electron chi connectivity index (χ4n) is 2.30. The van der Waals surface area contributed by atoms with E-state index in [1.807, 2.05) is 6.92 Å². The molecule has 1 saturated heterocycles. The van der Waals surface area contributed by atoms with Crippen LogP contribution in [0.15, 0.2) is 10.5 Å². The molecular formula is C13H19NO4. The predicted molar refractivity (Wildman–Crippen MR) is 65.3 cm³/mol. The van der Waals surface area contributed by atoms with Gasteiger partial charge in [-0.05, 0) is 12.5 Å². The van der Waals surface area contributed by atoms with Crippen molar-refractivity contribution in [3.8, 4) is 0 Å². The van der Waals surface area contributed by atoms with Crippen LogP contribution >= 0.6 is 0 Å². The highest BCUT2D eigenvalue weighted by Crippen LogP contribution is 2.21. The van der Waals surface area contributed by atoms with Gasteiger partial charge in [-0.25, -0.2) is 4.79 Å². The van der Waals surface area contributed by atoms with Gasteiger partial charge >= 0.3 is 5.97 Å². The van der Waals surface area contributed by atoms with E-state index in [0.29, 0.717) is 13.1 Å². The molecule has 0 bridgehead atoms. The van der Waals surface area contributed by atoms with Crippen molar-refractivity contribution >= 4 is 5.97 Å². The maximum absolute atomic E-state index is 11.4. The molecule has 0 aromatic carbocycles. The average molecular weight is 253 g/mol. The molecule has 0 aliphatic carbocycles. The van der Waals surface area contributed by atoms with Crippen molar-refractivity contribution < 1.29 is 19.1 Å². The highest BCUT2D eigenvalue weighted by atomic mass is 16.5. The van der Waals surface area contributed by atoms with E-state index in [4.69, 9.17) is 4.42 Å². The van der Waals surface area contributed by atoms with Crippen molar-refractivity contribution in [3.05, 3.63) is 23.2 Å². The summed E-state index contributed by atoms with van der Waals surface area (Å²) < 4.78 is 10.1. The average Bonchev–Trinajstić information content (AvgIpc) is 2.95. The van der Waals surface area contributed by atoms with E-state index >= 15 is 0 Å². The van der Waals surface area contributed by atoms with Crippen LogP contribution in [0.2, 0.25) is 0 Å². The lowest BCUT2D eigenvalue weighted by Gasteiger charge is -2.14. The number of furan rings is 1. The maximum Gasteiger partial charge on any atom is 0.373 e. The van der Waals surface area contributed by atoms with Crippen LogP contribution in [0.4, 0.5) is 0 Å². The number of carbonyl (C=O) groups excluding carboxylic acids is 1. The van der Waals surface area contributed by atoms with Crippen LogP contribution in [0, 0.1) is 0 Å². The number of aliphatic hydroxyl groups excluding tert-OH is 1. The molecular weight excluding hydrogens is 234 g/mol. The van der Waals surface area contributed by atoms with Gasteiger partial charge in [0, 0.05) is 31.6 Å². The Morgan fingerprint density at radius 1 is 1.67 bits per heavy atom. The number of likely N-dealkylation sites (tertiary alicyclic amines) is 1. The molecule has 1 aromatic heterocycles. The highest BCUT2D eigenvalue weighted by molar-refractivity contribution is 5.86. The first kappa shape index (κ1) is 13.1. The monoisotopic (exact) mass is 253 g/mol. The summed E-state index contributed by atoms with van der Waals surface area (Å²) in [5.74, 6) is 0.623. The fourth-order valence-corrected chi connectivity index (χ4v) is 2.30. The molecule has 1 N–H and O–H groups in total. The first-order chi connectivity index (χ1) is 8.63. The van der Waals surface area contributed by atoms with Crippen LogP contribution in [-0.2, 0) is 17.7 Å². The molecule has 1 atom stereocenters. The summed E-state index contributed by atoms with van der Waals surface area (Å²) in [6.07, 6.45) is 1.31. The van der Waals surface area contributed by atoms with Gasteiger partial charge in [0.15, 0.2) is 0 Å². The zero-order valence-corrected chi connectivity index (χ0v) is 10.8. The standard InChI is InChI=1S/C13H19NO4/c1-3-11-9(6-12(18-11)13(16)17-2)7-14-5-4-10(15)8-14/h6,10,15H,3-5,7-8H2,1-2H3/t10-/m0/s1. The van der Waals surface area contributed by atoms with E-state index in [9.17, 15) is 9.90 Å². The molecule has 1 aliphatic rings. The first-order valence-electron chi connectivity index (χ1n) is 6.24. The second kappa shape index (κ2) is 5.54. The summed E-state index contributed by atoms with van der Waals surface area (Å²) in [5.41, 5.74) is 1.01. The fraction of sp³-hybridized carbons (Fsp3) is 0.615. The number of ether oxygens (including phenoxy) is 1. The van der Waals surface area contributed by atoms with Crippen molar-refractivity contribution in [3.63, 3.8) is 0 Å². The van der Waals surface area contributed by atoms with Crippen LogP contribution in [-0.4, -0.2) is 42.3 Å². The summed E-state index contributed by atoms with van der Waals surface area (Å²) >= 11 is 0. The van der Waals surface area contributed by atoms with Gasteiger partial charge in [0.2, 0.25) is 5.76 Å². The highest BCUT2D eigenvalue weighted by Gasteiger charge is 2.23. The zero-order chi connectivity index (χ0) is 13.1. The molecule has 18 heavy (non-hydrogen) atoms. The first-order valence-corrected chi connectivity index (χ1v) is 6.24. The van der Waals surface area contributed by atoms with Crippen LogP contribution in [0.5, 0.6) is 0 Å². The summed E-state index contributed by atoms with van der Waals surface area (Å²) in [5, 5.41) is 9.50. The van der Waals surface area contributed by atoms with Crippen molar-refractivity contribution in [2.75, 3.05) is 20.2 Å². The lowest BCUT2D eigenvalue weighted by molar-refractivity contribution is 0.0563. The summed E-state index contributed by atoms with van der Waals surface area (Å²) in [6, 6.07) is 1.75. The minimum Gasteiger partial charge on any atom is -0.463 e. The summed E-state index contributed by atoms with van der Waals surface area (Å²) in [6.45, 7) is 4.26. The molecule has 0 amide bonds. The van der Waals surface area contributed by atoms with E-state index in [1.165, 1.54) is 7.11 Å². The van der Waals surface area contributed by atoms with Crippen LogP contribution in [0.1, 0.15) is 35.2 Å². The molecule has 2 rings (SSSR count). The van der Waals surface area contributed by atoms with E-state index in [2.05, 4.69) is 9.64 Å². The molecule has 0 saturated carbocycles. The van der Waals surface area contributed by atoms with Crippen LogP contribution < -0.4 is 0 Å². The van der Waals surface area contributed by atoms with Crippen molar-refractivity contribution in [1.29, 1.82) is 0 Å². The Balaban J connectivity index is 2.11. The van der Waals surface area contributed by atoms with Gasteiger partial charge in [0.1, 0.15) is 5.76 Å². The van der Waals surface area contributed by atoms with Crippen molar-refractivity contribution in [1.82, 2.24) is 4.90 Å². The number of aryl methyl sites for hydroxylation is 1. The van der Waals surface area contributed by atoms with Crippen LogP contribution in [0.3, 0.4) is 0 Å². The van der Waals surface area contributed by atoms with E-state index < -0.39 is 5.97 Å². The number of esters is 1. The minimum absolute atomic E-state index is 0.234. The molecule has 0 spiro atoms. The maximum atomic E-state index is 11.4. The molecule has 1 aromatic rings. The normalized spacial score (nSPS) is 20.3. The third-order valence-corrected chi connectivity index (χ3v) is 3.25. The summed E-state index contributed by atoms with van der Waals surface area (Å²) in [4.78, 5) is 13.6. The largest absolute Gasteiger partial charge is 0.463 e. The Kier molecular flexibility index (Phi) is 4.04. The van der Waals surface area contributed by atoms with Gasteiger partial charge in [-0.2, -0.15) is 0 Å². The molecule has 2 heterocycles. The quantitative estimate of drug-likeness (QED) is 0.817. The van der Waals surface area contributed by atoms with E-state index in [-0.39, 0.29) is 11.9 Å². The van der Waals surface area contributed by atoms with E-state index in [0.717, 1.165) is 30.7 Å². The van der Waals surface area contributed by atoms with Gasteiger partial charge in [0.25, 0.3) is 0 Å². The Morgan fingerprint density at radius 3 is 3.00 bits per heavy atom. The number of aliphatic hydroxyl groups is 1. The number of rotatable bonds is 4. The molecule has 0 unspecified atom stereocenters. The Bertz CT molecular complexity index is 427. The molecule has 5 nitrogen and oxygen atoms in total. The predicted octanol–water partition coefficient (Wildman–Crippen LogP) is 1.20. The Morgan fingerprint density at radius 2 is 2.44 bits per heavy atom. The molecule has 1 fully saturated rings. The lowest BCUT2D eigenvalue weighted by atomic mass is 10.2. The number of carbonyl (C=O) groups is 1. The SMILES string of the molecule is CCc1oc(C(=O)OC)cc1CN1CC[C@H](O)C1. The second-order valence-corrected chi connectivity index (χ2v) is 4.58. The number of β-amino-alcohol motifs (C(OH)–C–C–N with tert-alkyl or cyclic N) is 1. The lowest BCUT2D eigenvalue weighted by Crippen LogP contribution is -2.21. The number of hydrogen-bond acceptors (Lipinski definition) is 5. The van der Waals surface area contributed by atoms with Gasteiger partial charge in [-0.3, -0.25) is 4.90 Å².